The number of pyridine rings is 1. The second-order valence-electron chi connectivity index (χ2n) is 7.12. The van der Waals surface area contributed by atoms with Gasteiger partial charge in [0.2, 0.25) is 0 Å². The van der Waals surface area contributed by atoms with Crippen LogP contribution in [0.1, 0.15) is 25.1 Å². The molecule has 3 heterocycles. The number of fused-ring (bicyclic) bond motifs is 1. The van der Waals surface area contributed by atoms with E-state index in [1.807, 2.05) is 36.0 Å². The molecular weight excluding hydrogens is 330 g/mol. The average Bonchev–Trinajstić information content (AvgIpc) is 2.66. The zero-order chi connectivity index (χ0) is 18.9. The smallest absolute Gasteiger partial charge is 0.254 e. The Balaban J connectivity index is 2.01. The number of amides is 1. The van der Waals surface area contributed by atoms with Crippen LogP contribution >= 0.6 is 0 Å². The van der Waals surface area contributed by atoms with E-state index < -0.39 is 5.60 Å². The number of hydrogen-bond acceptors (Lipinski definition) is 6. The van der Waals surface area contributed by atoms with Gasteiger partial charge >= 0.3 is 0 Å². The summed E-state index contributed by atoms with van der Waals surface area (Å²) in [5.41, 5.74) is 2.00. The summed E-state index contributed by atoms with van der Waals surface area (Å²) in [7, 11) is 5.50. The summed E-state index contributed by atoms with van der Waals surface area (Å²) >= 11 is 0. The normalized spacial score (nSPS) is 14.1. The zero-order valence-corrected chi connectivity index (χ0v) is 16.0. The summed E-state index contributed by atoms with van der Waals surface area (Å²) < 4.78 is 5.36. The highest BCUT2D eigenvalue weighted by Gasteiger charge is 2.35. The molecule has 1 amide bonds. The van der Waals surface area contributed by atoms with Gasteiger partial charge in [-0.25, -0.2) is 9.97 Å². The lowest BCUT2D eigenvalue weighted by Crippen LogP contribution is -2.48. The molecule has 138 valence electrons. The lowest BCUT2D eigenvalue weighted by molar-refractivity contribution is -0.152. The van der Waals surface area contributed by atoms with Crippen molar-refractivity contribution in [3.05, 3.63) is 35.8 Å². The molecule has 0 aliphatic carbocycles. The number of ether oxygens (including phenoxy) is 1. The lowest BCUT2D eigenvalue weighted by atomic mass is 10.0. The van der Waals surface area contributed by atoms with Crippen molar-refractivity contribution in [2.45, 2.75) is 32.4 Å². The van der Waals surface area contributed by atoms with Crippen molar-refractivity contribution in [3.8, 4) is 11.4 Å². The molecule has 0 N–H and O–H groups in total. The van der Waals surface area contributed by atoms with Crippen LogP contribution in [0.5, 0.6) is 0 Å². The Morgan fingerprint density at radius 1 is 1.31 bits per heavy atom. The van der Waals surface area contributed by atoms with E-state index in [1.54, 1.807) is 33.4 Å². The molecule has 7 nitrogen and oxygen atoms in total. The highest BCUT2D eigenvalue weighted by atomic mass is 16.5. The van der Waals surface area contributed by atoms with Gasteiger partial charge in [0, 0.05) is 51.3 Å². The Morgan fingerprint density at radius 2 is 2.08 bits per heavy atom. The monoisotopic (exact) mass is 355 g/mol. The maximum absolute atomic E-state index is 12.8. The Kier molecular flexibility index (Phi) is 4.91. The molecule has 0 bridgehead atoms. The number of carbonyl (C=O) groups excluding carboxylic acids is 1. The van der Waals surface area contributed by atoms with Crippen LogP contribution in [-0.2, 0) is 22.5 Å². The molecule has 0 saturated heterocycles. The number of carbonyl (C=O) groups is 1. The largest absolute Gasteiger partial charge is 0.369 e. The van der Waals surface area contributed by atoms with E-state index in [1.165, 1.54) is 0 Å². The van der Waals surface area contributed by atoms with Gasteiger partial charge in [-0.05, 0) is 32.4 Å². The Morgan fingerprint density at radius 3 is 2.69 bits per heavy atom. The number of rotatable bonds is 4. The van der Waals surface area contributed by atoms with Crippen molar-refractivity contribution >= 4 is 11.7 Å². The summed E-state index contributed by atoms with van der Waals surface area (Å²) in [6.45, 7) is 4.67. The highest BCUT2D eigenvalue weighted by molar-refractivity contribution is 5.84. The van der Waals surface area contributed by atoms with Gasteiger partial charge in [0.15, 0.2) is 5.82 Å². The SMILES string of the molecule is COC(C)(C)C(=O)N1CCc2c(nc(-c3cccnc3)nc2N(C)C)C1. The van der Waals surface area contributed by atoms with Crippen LogP contribution in [0.25, 0.3) is 11.4 Å². The first kappa shape index (κ1) is 18.3. The Bertz CT molecular complexity index is 805. The van der Waals surface area contributed by atoms with Crippen molar-refractivity contribution in [2.24, 2.45) is 0 Å². The summed E-state index contributed by atoms with van der Waals surface area (Å²) in [6, 6.07) is 3.80. The fraction of sp³-hybridized carbons (Fsp3) is 0.474. The van der Waals surface area contributed by atoms with E-state index >= 15 is 0 Å². The fourth-order valence-electron chi connectivity index (χ4n) is 3.05. The second-order valence-corrected chi connectivity index (χ2v) is 7.12. The van der Waals surface area contributed by atoms with Crippen LogP contribution in [0.2, 0.25) is 0 Å². The van der Waals surface area contributed by atoms with Gasteiger partial charge in [-0.1, -0.05) is 0 Å². The maximum Gasteiger partial charge on any atom is 0.254 e. The standard InChI is InChI=1S/C19H25N5O2/c1-19(2,26-5)18(25)24-10-8-14-15(12-24)21-16(22-17(14)23(3)4)13-7-6-9-20-11-13/h6-7,9,11H,8,10,12H2,1-5H3. The third kappa shape index (κ3) is 3.39. The summed E-state index contributed by atoms with van der Waals surface area (Å²) in [6.07, 6.45) is 4.20. The third-order valence-electron chi connectivity index (χ3n) is 4.70. The van der Waals surface area contributed by atoms with E-state index in [4.69, 9.17) is 14.7 Å². The number of nitrogens with zero attached hydrogens (tertiary/aromatic N) is 5. The number of methoxy groups -OCH3 is 1. The molecule has 0 saturated carbocycles. The summed E-state index contributed by atoms with van der Waals surface area (Å²) in [5.74, 6) is 1.49. The fourth-order valence-corrected chi connectivity index (χ4v) is 3.05. The minimum atomic E-state index is -0.846. The van der Waals surface area contributed by atoms with Crippen LogP contribution in [0, 0.1) is 0 Å². The number of anilines is 1. The van der Waals surface area contributed by atoms with Crippen molar-refractivity contribution in [2.75, 3.05) is 32.6 Å². The molecule has 0 atom stereocenters. The lowest BCUT2D eigenvalue weighted by Gasteiger charge is -2.35. The van der Waals surface area contributed by atoms with Crippen molar-refractivity contribution < 1.29 is 9.53 Å². The Hall–Kier alpha value is -2.54. The van der Waals surface area contributed by atoms with Crippen LogP contribution < -0.4 is 4.90 Å². The molecule has 26 heavy (non-hydrogen) atoms. The van der Waals surface area contributed by atoms with Crippen LogP contribution in [0.15, 0.2) is 24.5 Å². The molecule has 1 aliphatic heterocycles. The Labute approximate surface area is 154 Å². The van der Waals surface area contributed by atoms with Gasteiger partial charge in [0.25, 0.3) is 5.91 Å². The first-order chi connectivity index (χ1) is 12.3. The molecular formula is C19H25N5O2. The minimum Gasteiger partial charge on any atom is -0.369 e. The molecule has 3 rings (SSSR count). The molecule has 0 unspecified atom stereocenters. The molecule has 7 heteroatoms. The van der Waals surface area contributed by atoms with Crippen molar-refractivity contribution in [3.63, 3.8) is 0 Å². The molecule has 0 spiro atoms. The van der Waals surface area contributed by atoms with Crippen molar-refractivity contribution in [1.29, 1.82) is 0 Å². The molecule has 0 aromatic carbocycles. The predicted octanol–water partition coefficient (Wildman–Crippen LogP) is 1.91. The minimum absolute atomic E-state index is 0.0291. The molecule has 0 radical (unpaired) electrons. The number of hydrogen-bond donors (Lipinski definition) is 0. The quantitative estimate of drug-likeness (QED) is 0.834. The van der Waals surface area contributed by atoms with E-state index in [0.29, 0.717) is 18.9 Å². The van der Waals surface area contributed by atoms with Crippen molar-refractivity contribution in [1.82, 2.24) is 19.9 Å². The van der Waals surface area contributed by atoms with E-state index in [0.717, 1.165) is 29.1 Å². The summed E-state index contributed by atoms with van der Waals surface area (Å²) in [4.78, 5) is 30.2. The zero-order valence-electron chi connectivity index (χ0n) is 16.0. The maximum atomic E-state index is 12.8. The van der Waals surface area contributed by atoms with Gasteiger partial charge in [0.1, 0.15) is 11.4 Å². The van der Waals surface area contributed by atoms with Gasteiger partial charge in [0.05, 0.1) is 12.2 Å². The van der Waals surface area contributed by atoms with E-state index in [2.05, 4.69) is 4.98 Å². The molecule has 1 aliphatic rings. The summed E-state index contributed by atoms with van der Waals surface area (Å²) in [5, 5.41) is 0. The van der Waals surface area contributed by atoms with Gasteiger partial charge < -0.3 is 14.5 Å². The topological polar surface area (TPSA) is 71.5 Å². The van der Waals surface area contributed by atoms with Crippen LogP contribution in [0.4, 0.5) is 5.82 Å². The average molecular weight is 355 g/mol. The number of aromatic nitrogens is 3. The molecule has 2 aromatic rings. The van der Waals surface area contributed by atoms with Gasteiger partial charge in [-0.2, -0.15) is 0 Å². The molecule has 2 aromatic heterocycles. The van der Waals surface area contributed by atoms with Crippen LogP contribution in [0.3, 0.4) is 0 Å². The highest BCUT2D eigenvalue weighted by Crippen LogP contribution is 2.29. The van der Waals surface area contributed by atoms with E-state index in [9.17, 15) is 4.79 Å². The van der Waals surface area contributed by atoms with Gasteiger partial charge in [-0.15, -0.1) is 0 Å². The first-order valence-corrected chi connectivity index (χ1v) is 8.65. The van der Waals surface area contributed by atoms with Crippen LogP contribution in [-0.4, -0.2) is 59.1 Å². The predicted molar refractivity (Wildman–Crippen MR) is 99.8 cm³/mol. The van der Waals surface area contributed by atoms with Gasteiger partial charge in [-0.3, -0.25) is 9.78 Å². The van der Waals surface area contributed by atoms with E-state index in [-0.39, 0.29) is 5.91 Å². The second kappa shape index (κ2) is 6.99. The first-order valence-electron chi connectivity index (χ1n) is 8.65. The molecule has 0 fully saturated rings. The third-order valence-corrected chi connectivity index (χ3v) is 4.70.